The van der Waals surface area contributed by atoms with Crippen molar-refractivity contribution in [3.8, 4) is 0 Å². The molecular formula is C13H19BrFN. The first-order valence-corrected chi connectivity index (χ1v) is 6.38. The van der Waals surface area contributed by atoms with E-state index in [4.69, 9.17) is 0 Å². The van der Waals surface area contributed by atoms with Crippen molar-refractivity contribution in [2.45, 2.75) is 26.7 Å². The minimum absolute atomic E-state index is 0.174. The molecule has 0 aliphatic carbocycles. The van der Waals surface area contributed by atoms with E-state index >= 15 is 0 Å². The summed E-state index contributed by atoms with van der Waals surface area (Å²) < 4.78 is 14.1. The van der Waals surface area contributed by atoms with Crippen molar-refractivity contribution in [3.63, 3.8) is 0 Å². The second-order valence-electron chi connectivity index (χ2n) is 4.65. The third-order valence-electron chi connectivity index (χ3n) is 3.01. The van der Waals surface area contributed by atoms with Crippen LogP contribution in [0.4, 0.5) is 4.39 Å². The Labute approximate surface area is 106 Å². The quantitative estimate of drug-likeness (QED) is 0.869. The summed E-state index contributed by atoms with van der Waals surface area (Å²) in [5.41, 5.74) is 1.23. The summed E-state index contributed by atoms with van der Waals surface area (Å²) in [7, 11) is 1.95. The summed E-state index contributed by atoms with van der Waals surface area (Å²) in [5, 5.41) is 3.20. The zero-order valence-corrected chi connectivity index (χ0v) is 11.7. The molecule has 0 aliphatic rings. The highest BCUT2D eigenvalue weighted by molar-refractivity contribution is 9.10. The third kappa shape index (κ3) is 3.87. The fourth-order valence-corrected chi connectivity index (χ4v) is 2.46. The van der Waals surface area contributed by atoms with Crippen molar-refractivity contribution < 1.29 is 4.39 Å². The van der Waals surface area contributed by atoms with Gasteiger partial charge in [0.05, 0.1) is 0 Å². The molecule has 0 radical (unpaired) electrons. The van der Waals surface area contributed by atoms with Crippen LogP contribution >= 0.6 is 15.9 Å². The van der Waals surface area contributed by atoms with E-state index in [1.165, 1.54) is 6.07 Å². The van der Waals surface area contributed by atoms with E-state index in [0.29, 0.717) is 0 Å². The summed E-state index contributed by atoms with van der Waals surface area (Å²) in [5.74, 6) is -0.174. The highest BCUT2D eigenvalue weighted by Crippen LogP contribution is 2.27. The summed E-state index contributed by atoms with van der Waals surface area (Å²) >= 11 is 3.33. The van der Waals surface area contributed by atoms with Crippen LogP contribution in [0, 0.1) is 11.2 Å². The van der Waals surface area contributed by atoms with E-state index in [1.807, 2.05) is 13.1 Å². The molecule has 1 N–H and O–H groups in total. The number of hydrogen-bond acceptors (Lipinski definition) is 1. The number of nitrogens with one attached hydrogen (secondary N) is 1. The molecule has 0 spiro atoms. The molecule has 1 atom stereocenters. The molecule has 1 unspecified atom stereocenters. The van der Waals surface area contributed by atoms with Gasteiger partial charge < -0.3 is 5.32 Å². The fourth-order valence-electron chi connectivity index (χ4n) is 1.95. The number of benzene rings is 1. The first kappa shape index (κ1) is 13.7. The Morgan fingerprint density at radius 2 is 2.06 bits per heavy atom. The lowest BCUT2D eigenvalue weighted by Crippen LogP contribution is -2.31. The Kier molecular flexibility index (Phi) is 4.93. The lowest BCUT2D eigenvalue weighted by molar-refractivity contribution is 0.298. The topological polar surface area (TPSA) is 12.0 Å². The highest BCUT2D eigenvalue weighted by Gasteiger charge is 2.21. The van der Waals surface area contributed by atoms with Gasteiger partial charge in [0.25, 0.3) is 0 Å². The SMILES string of the molecule is CCC(C)(CNC)Cc1cc(F)cc(Br)c1. The molecule has 16 heavy (non-hydrogen) atoms. The van der Waals surface area contributed by atoms with Crippen molar-refractivity contribution in [2.75, 3.05) is 13.6 Å². The van der Waals surface area contributed by atoms with E-state index in [2.05, 4.69) is 35.1 Å². The molecule has 0 aromatic heterocycles. The zero-order valence-electron chi connectivity index (χ0n) is 10.1. The Morgan fingerprint density at radius 1 is 1.38 bits per heavy atom. The van der Waals surface area contributed by atoms with Gasteiger partial charge in [0.1, 0.15) is 5.82 Å². The standard InChI is InChI=1S/C13H19BrFN/c1-4-13(2,9-16-3)8-10-5-11(14)7-12(15)6-10/h5-7,16H,4,8-9H2,1-3H3. The van der Waals surface area contributed by atoms with Crippen molar-refractivity contribution in [1.82, 2.24) is 5.32 Å². The molecule has 0 bridgehead atoms. The zero-order chi connectivity index (χ0) is 12.2. The second-order valence-corrected chi connectivity index (χ2v) is 5.56. The predicted octanol–water partition coefficient (Wildman–Crippen LogP) is 3.77. The molecular weight excluding hydrogens is 269 g/mol. The number of rotatable bonds is 5. The molecule has 0 aliphatic heterocycles. The highest BCUT2D eigenvalue weighted by atomic mass is 79.9. The smallest absolute Gasteiger partial charge is 0.124 e. The molecule has 1 aromatic carbocycles. The minimum Gasteiger partial charge on any atom is -0.319 e. The summed E-state index contributed by atoms with van der Waals surface area (Å²) in [6.07, 6.45) is 1.96. The molecule has 0 amide bonds. The van der Waals surface area contributed by atoms with E-state index in [-0.39, 0.29) is 11.2 Å². The molecule has 0 saturated heterocycles. The normalized spacial score (nSPS) is 14.8. The minimum atomic E-state index is -0.174. The first-order chi connectivity index (χ1) is 7.49. The van der Waals surface area contributed by atoms with Crippen LogP contribution in [-0.2, 0) is 6.42 Å². The Bertz CT molecular complexity index is 334. The summed E-state index contributed by atoms with van der Waals surface area (Å²) in [6, 6.07) is 5.10. The van der Waals surface area contributed by atoms with Gasteiger partial charge in [-0.2, -0.15) is 0 Å². The first-order valence-electron chi connectivity index (χ1n) is 5.58. The van der Waals surface area contributed by atoms with Gasteiger partial charge in [0.2, 0.25) is 0 Å². The van der Waals surface area contributed by atoms with Crippen LogP contribution < -0.4 is 5.32 Å². The summed E-state index contributed by atoms with van der Waals surface area (Å²) in [6.45, 7) is 5.34. The van der Waals surface area contributed by atoms with Crippen LogP contribution in [0.15, 0.2) is 22.7 Å². The van der Waals surface area contributed by atoms with Crippen molar-refractivity contribution in [3.05, 3.63) is 34.1 Å². The van der Waals surface area contributed by atoms with Crippen molar-refractivity contribution >= 4 is 15.9 Å². The Morgan fingerprint density at radius 3 is 2.56 bits per heavy atom. The Hall–Kier alpha value is -0.410. The summed E-state index contributed by atoms with van der Waals surface area (Å²) in [4.78, 5) is 0. The van der Waals surface area contributed by atoms with Crippen LogP contribution in [0.1, 0.15) is 25.8 Å². The van der Waals surface area contributed by atoms with Gasteiger partial charge in [0.15, 0.2) is 0 Å². The van der Waals surface area contributed by atoms with Gasteiger partial charge in [-0.1, -0.05) is 29.8 Å². The molecule has 1 nitrogen and oxygen atoms in total. The molecule has 0 saturated carbocycles. The van der Waals surface area contributed by atoms with Crippen molar-refractivity contribution in [1.29, 1.82) is 0 Å². The average Bonchev–Trinajstić information content (AvgIpc) is 2.16. The second kappa shape index (κ2) is 5.78. The van der Waals surface area contributed by atoms with Crippen molar-refractivity contribution in [2.24, 2.45) is 5.41 Å². The van der Waals surface area contributed by atoms with E-state index in [0.717, 1.165) is 29.4 Å². The van der Waals surface area contributed by atoms with E-state index in [1.54, 1.807) is 6.07 Å². The average molecular weight is 288 g/mol. The van der Waals surface area contributed by atoms with Gasteiger partial charge in [0, 0.05) is 11.0 Å². The van der Waals surface area contributed by atoms with Crippen LogP contribution in [0.2, 0.25) is 0 Å². The van der Waals surface area contributed by atoms with Crippen LogP contribution in [-0.4, -0.2) is 13.6 Å². The Balaban J connectivity index is 2.85. The predicted molar refractivity (Wildman–Crippen MR) is 70.1 cm³/mol. The molecule has 1 rings (SSSR count). The maximum Gasteiger partial charge on any atom is 0.124 e. The van der Waals surface area contributed by atoms with Gasteiger partial charge in [-0.3, -0.25) is 0 Å². The largest absolute Gasteiger partial charge is 0.319 e. The van der Waals surface area contributed by atoms with Gasteiger partial charge in [-0.05, 0) is 49.1 Å². The lowest BCUT2D eigenvalue weighted by Gasteiger charge is -2.28. The van der Waals surface area contributed by atoms with Crippen LogP contribution in [0.3, 0.4) is 0 Å². The van der Waals surface area contributed by atoms with Gasteiger partial charge >= 0.3 is 0 Å². The molecule has 90 valence electrons. The third-order valence-corrected chi connectivity index (χ3v) is 3.47. The maximum atomic E-state index is 13.2. The molecule has 1 aromatic rings. The van der Waals surface area contributed by atoms with E-state index < -0.39 is 0 Å². The monoisotopic (exact) mass is 287 g/mol. The van der Waals surface area contributed by atoms with Gasteiger partial charge in [-0.15, -0.1) is 0 Å². The number of halogens is 2. The fraction of sp³-hybridized carbons (Fsp3) is 0.538. The van der Waals surface area contributed by atoms with Crippen LogP contribution in [0.5, 0.6) is 0 Å². The van der Waals surface area contributed by atoms with E-state index in [9.17, 15) is 4.39 Å². The molecule has 0 heterocycles. The number of hydrogen-bond donors (Lipinski definition) is 1. The maximum absolute atomic E-state index is 13.2. The molecule has 3 heteroatoms. The van der Waals surface area contributed by atoms with Crippen LogP contribution in [0.25, 0.3) is 0 Å². The molecule has 0 fully saturated rings. The van der Waals surface area contributed by atoms with Gasteiger partial charge in [-0.25, -0.2) is 4.39 Å². The lowest BCUT2D eigenvalue weighted by atomic mass is 9.81.